The second kappa shape index (κ2) is 4.47. The van der Waals surface area contributed by atoms with Gasteiger partial charge in [0.25, 0.3) is 5.91 Å². The summed E-state index contributed by atoms with van der Waals surface area (Å²) in [5.41, 5.74) is 5.46. The molecule has 0 aliphatic heterocycles. The molecular formula is C8H6N4O3S2. The Hall–Kier alpha value is -2.00. The van der Waals surface area contributed by atoms with E-state index in [1.165, 1.54) is 10.8 Å². The summed E-state index contributed by atoms with van der Waals surface area (Å²) < 4.78 is 0. The number of carbonyl (C=O) groups excluding carboxylic acids is 1. The molecule has 7 nitrogen and oxygen atoms in total. The zero-order chi connectivity index (χ0) is 12.4. The molecule has 2 heterocycles. The van der Waals surface area contributed by atoms with Crippen molar-refractivity contribution in [3.05, 3.63) is 22.1 Å². The van der Waals surface area contributed by atoms with Gasteiger partial charge in [-0.15, -0.1) is 22.7 Å². The number of rotatable bonds is 3. The van der Waals surface area contributed by atoms with Crippen LogP contribution in [0.25, 0.3) is 0 Å². The Morgan fingerprint density at radius 2 is 1.94 bits per heavy atom. The highest BCUT2D eigenvalue weighted by Gasteiger charge is 2.14. The summed E-state index contributed by atoms with van der Waals surface area (Å²) >= 11 is 2.18. The van der Waals surface area contributed by atoms with Gasteiger partial charge in [0, 0.05) is 10.8 Å². The minimum absolute atomic E-state index is 0.108. The van der Waals surface area contributed by atoms with Crippen LogP contribution in [0.1, 0.15) is 21.0 Å². The molecule has 9 heteroatoms. The lowest BCUT2D eigenvalue weighted by Gasteiger charge is -1.96. The Kier molecular flexibility index (Phi) is 3.02. The van der Waals surface area contributed by atoms with Gasteiger partial charge in [0.1, 0.15) is 5.69 Å². The molecule has 2 aromatic heterocycles. The molecule has 2 aromatic rings. The maximum atomic E-state index is 11.6. The van der Waals surface area contributed by atoms with Crippen molar-refractivity contribution in [2.75, 3.05) is 11.1 Å². The van der Waals surface area contributed by atoms with Crippen LogP contribution in [0, 0.1) is 0 Å². The fourth-order valence-corrected chi connectivity index (χ4v) is 2.21. The van der Waals surface area contributed by atoms with Crippen molar-refractivity contribution in [2.45, 2.75) is 0 Å². The summed E-state index contributed by atoms with van der Waals surface area (Å²) in [6.07, 6.45) is 0. The average Bonchev–Trinajstić information content (AvgIpc) is 2.86. The highest BCUT2D eigenvalue weighted by molar-refractivity contribution is 7.14. The summed E-state index contributed by atoms with van der Waals surface area (Å²) in [6.45, 7) is 0. The van der Waals surface area contributed by atoms with Crippen molar-refractivity contribution in [1.82, 2.24) is 9.97 Å². The molecule has 0 aliphatic carbocycles. The zero-order valence-corrected chi connectivity index (χ0v) is 9.84. The van der Waals surface area contributed by atoms with Gasteiger partial charge >= 0.3 is 5.97 Å². The highest BCUT2D eigenvalue weighted by Crippen LogP contribution is 2.17. The van der Waals surface area contributed by atoms with Crippen molar-refractivity contribution in [1.29, 1.82) is 0 Å². The van der Waals surface area contributed by atoms with E-state index in [-0.39, 0.29) is 16.5 Å². The van der Waals surface area contributed by atoms with E-state index in [2.05, 4.69) is 15.3 Å². The van der Waals surface area contributed by atoms with Crippen LogP contribution in [0.15, 0.2) is 10.8 Å². The van der Waals surface area contributed by atoms with Gasteiger partial charge in [-0.2, -0.15) is 0 Å². The fourth-order valence-electron chi connectivity index (χ4n) is 0.982. The molecule has 0 saturated carbocycles. The van der Waals surface area contributed by atoms with Gasteiger partial charge in [-0.05, 0) is 0 Å². The lowest BCUT2D eigenvalue weighted by atomic mass is 10.5. The Balaban J connectivity index is 2.10. The first-order valence-corrected chi connectivity index (χ1v) is 6.03. The largest absolute Gasteiger partial charge is 0.476 e. The first-order valence-electron chi connectivity index (χ1n) is 4.27. The number of carboxylic acids is 1. The number of carbonyl (C=O) groups is 2. The molecule has 0 aliphatic rings. The number of nitrogen functional groups attached to an aromatic ring is 1. The Labute approximate surface area is 103 Å². The smallest absolute Gasteiger partial charge is 0.355 e. The van der Waals surface area contributed by atoms with Crippen LogP contribution >= 0.6 is 22.7 Å². The molecule has 0 spiro atoms. The maximum absolute atomic E-state index is 11.6. The lowest BCUT2D eigenvalue weighted by Crippen LogP contribution is -2.12. The van der Waals surface area contributed by atoms with Gasteiger partial charge in [-0.25, -0.2) is 14.8 Å². The number of nitrogens with two attached hydrogens (primary N) is 1. The SMILES string of the molecule is Nc1nc(C(=O)Nc2nc(C(=O)O)cs2)cs1. The maximum Gasteiger partial charge on any atom is 0.355 e. The molecule has 0 radical (unpaired) electrons. The molecule has 0 bridgehead atoms. The fraction of sp³-hybridized carbons (Fsp3) is 0. The predicted octanol–water partition coefficient (Wildman–Crippen LogP) is 1.13. The minimum Gasteiger partial charge on any atom is -0.476 e. The van der Waals surface area contributed by atoms with Gasteiger partial charge in [0.05, 0.1) is 0 Å². The number of thiazole rings is 2. The third-order valence-corrected chi connectivity index (χ3v) is 3.13. The molecule has 0 aromatic carbocycles. The van der Waals surface area contributed by atoms with Crippen LogP contribution < -0.4 is 11.1 Å². The van der Waals surface area contributed by atoms with Crippen molar-refractivity contribution >= 4 is 44.8 Å². The van der Waals surface area contributed by atoms with Gasteiger partial charge < -0.3 is 10.8 Å². The minimum atomic E-state index is -1.14. The quantitative estimate of drug-likeness (QED) is 0.769. The third-order valence-electron chi connectivity index (χ3n) is 1.70. The van der Waals surface area contributed by atoms with E-state index in [4.69, 9.17) is 10.8 Å². The normalized spacial score (nSPS) is 10.1. The summed E-state index contributed by atoms with van der Waals surface area (Å²) in [5, 5.41) is 14.4. The Morgan fingerprint density at radius 3 is 2.47 bits per heavy atom. The van der Waals surface area contributed by atoms with Crippen LogP contribution in [0.3, 0.4) is 0 Å². The number of aromatic nitrogens is 2. The summed E-state index contributed by atoms with van der Waals surface area (Å²) in [4.78, 5) is 29.7. The predicted molar refractivity (Wildman–Crippen MR) is 63.6 cm³/mol. The number of hydrogen-bond donors (Lipinski definition) is 3. The molecule has 0 unspecified atom stereocenters. The second-order valence-corrected chi connectivity index (χ2v) is 4.62. The van der Waals surface area contributed by atoms with Crippen LogP contribution in [0.4, 0.5) is 10.3 Å². The number of nitrogens with one attached hydrogen (secondary N) is 1. The van der Waals surface area contributed by atoms with Gasteiger partial charge in [-0.1, -0.05) is 0 Å². The number of hydrogen-bond acceptors (Lipinski definition) is 7. The molecular weight excluding hydrogens is 264 g/mol. The van der Waals surface area contributed by atoms with Gasteiger partial charge in [0.2, 0.25) is 0 Å². The van der Waals surface area contributed by atoms with E-state index in [1.807, 2.05) is 0 Å². The molecule has 0 atom stereocenters. The summed E-state index contributed by atoms with van der Waals surface area (Å²) in [7, 11) is 0. The molecule has 0 saturated heterocycles. The van der Waals surface area contributed by atoms with E-state index in [0.717, 1.165) is 22.7 Å². The van der Waals surface area contributed by atoms with Crippen LogP contribution in [-0.2, 0) is 0 Å². The van der Waals surface area contributed by atoms with Crippen molar-refractivity contribution < 1.29 is 14.7 Å². The second-order valence-electron chi connectivity index (χ2n) is 2.87. The number of aromatic carboxylic acids is 1. The van der Waals surface area contributed by atoms with E-state index in [1.54, 1.807) is 0 Å². The summed E-state index contributed by atoms with van der Waals surface area (Å²) in [5.74, 6) is -1.61. The first kappa shape index (κ1) is 11.5. The number of anilines is 2. The molecule has 0 fully saturated rings. The van der Waals surface area contributed by atoms with Crippen molar-refractivity contribution in [3.8, 4) is 0 Å². The van der Waals surface area contributed by atoms with Crippen molar-refractivity contribution in [2.24, 2.45) is 0 Å². The first-order chi connectivity index (χ1) is 8.06. The number of carboxylic acid groups (broad SMARTS) is 1. The van der Waals surface area contributed by atoms with Crippen LogP contribution in [0.2, 0.25) is 0 Å². The van der Waals surface area contributed by atoms with E-state index in [9.17, 15) is 9.59 Å². The standard InChI is InChI=1S/C8H6N4O3S2/c9-7-10-3(1-16-7)5(13)12-8-11-4(2-17-8)6(14)15/h1-2H,(H2,9,10)(H,14,15)(H,11,12,13). The average molecular weight is 270 g/mol. The molecule has 17 heavy (non-hydrogen) atoms. The van der Waals surface area contributed by atoms with Gasteiger partial charge in [0.15, 0.2) is 16.0 Å². The highest BCUT2D eigenvalue weighted by atomic mass is 32.1. The van der Waals surface area contributed by atoms with E-state index in [0.29, 0.717) is 5.13 Å². The zero-order valence-electron chi connectivity index (χ0n) is 8.21. The topological polar surface area (TPSA) is 118 Å². The van der Waals surface area contributed by atoms with Gasteiger partial charge in [-0.3, -0.25) is 10.1 Å². The Bertz CT molecular complexity index is 577. The molecule has 2 rings (SSSR count). The van der Waals surface area contributed by atoms with E-state index >= 15 is 0 Å². The van der Waals surface area contributed by atoms with Crippen LogP contribution in [0.5, 0.6) is 0 Å². The van der Waals surface area contributed by atoms with E-state index < -0.39 is 11.9 Å². The third kappa shape index (κ3) is 2.57. The van der Waals surface area contributed by atoms with Crippen LogP contribution in [-0.4, -0.2) is 27.0 Å². The summed E-state index contributed by atoms with van der Waals surface area (Å²) in [6, 6.07) is 0. The number of nitrogens with zero attached hydrogens (tertiary/aromatic N) is 2. The Morgan fingerprint density at radius 1 is 1.24 bits per heavy atom. The molecule has 1 amide bonds. The lowest BCUT2D eigenvalue weighted by molar-refractivity contribution is 0.0691. The van der Waals surface area contributed by atoms with Crippen molar-refractivity contribution in [3.63, 3.8) is 0 Å². The molecule has 4 N–H and O–H groups in total. The molecule has 88 valence electrons. The monoisotopic (exact) mass is 270 g/mol. The number of amides is 1.